The fourth-order valence-electron chi connectivity index (χ4n) is 5.43. The van der Waals surface area contributed by atoms with Gasteiger partial charge in [-0.2, -0.15) is 0 Å². The van der Waals surface area contributed by atoms with E-state index in [1.54, 1.807) is 38.3 Å². The maximum Gasteiger partial charge on any atom is 0.247 e. The summed E-state index contributed by atoms with van der Waals surface area (Å²) < 4.78 is 5.16. The number of methoxy groups -OCH3 is 1. The average Bonchev–Trinajstić information content (AvgIpc) is 3.45. The fourth-order valence-corrected chi connectivity index (χ4v) is 5.43. The van der Waals surface area contributed by atoms with E-state index in [0.29, 0.717) is 23.3 Å². The van der Waals surface area contributed by atoms with E-state index in [4.69, 9.17) is 4.74 Å². The topological polar surface area (TPSA) is 75.7 Å². The van der Waals surface area contributed by atoms with Gasteiger partial charge in [-0.3, -0.25) is 19.3 Å². The molecule has 6 nitrogen and oxygen atoms in total. The molecule has 1 aromatic carbocycles. The van der Waals surface area contributed by atoms with Crippen molar-refractivity contribution in [3.05, 3.63) is 36.4 Å². The summed E-state index contributed by atoms with van der Waals surface area (Å²) in [4.78, 5) is 40.1. The highest BCUT2D eigenvalue weighted by molar-refractivity contribution is 6.10. The van der Waals surface area contributed by atoms with Crippen LogP contribution in [0, 0.1) is 35.5 Å². The largest absolute Gasteiger partial charge is 0.497 e. The molecule has 0 aromatic heterocycles. The van der Waals surface area contributed by atoms with Gasteiger partial charge in [0, 0.05) is 11.8 Å². The Morgan fingerprint density at radius 2 is 1.78 bits per heavy atom. The number of nitrogens with one attached hydrogen (secondary N) is 1. The summed E-state index contributed by atoms with van der Waals surface area (Å²) in [6, 6.07) is 6.17. The zero-order chi connectivity index (χ0) is 18.9. The lowest BCUT2D eigenvalue weighted by atomic mass is 9.63. The molecule has 3 amide bonds. The van der Waals surface area contributed by atoms with Gasteiger partial charge in [0.25, 0.3) is 0 Å². The molecule has 27 heavy (non-hydrogen) atoms. The van der Waals surface area contributed by atoms with Gasteiger partial charge in [0.15, 0.2) is 0 Å². The Labute approximate surface area is 157 Å². The van der Waals surface area contributed by atoms with E-state index < -0.39 is 6.04 Å². The number of rotatable bonds is 4. The SMILES string of the molecule is COc1cccc(NC(=O)[C@H](C)N2C(=O)[C@@H]3[C@@H]4C=C[C@H]([C@H]5C[C@H]45)[C@@H]3C2=O)c1. The molecule has 1 aromatic rings. The first kappa shape index (κ1) is 16.5. The molecular weight excluding hydrogens is 344 g/mol. The van der Waals surface area contributed by atoms with Gasteiger partial charge in [-0.25, -0.2) is 0 Å². The second-order valence-electron chi connectivity index (χ2n) is 8.10. The van der Waals surface area contributed by atoms with Crippen molar-refractivity contribution < 1.29 is 19.1 Å². The summed E-state index contributed by atoms with van der Waals surface area (Å²) in [5, 5.41) is 2.79. The Balaban J connectivity index is 1.36. The molecule has 4 aliphatic carbocycles. The predicted molar refractivity (Wildman–Crippen MR) is 97.6 cm³/mol. The number of imide groups is 1. The lowest BCUT2D eigenvalue weighted by Crippen LogP contribution is -2.46. The quantitative estimate of drug-likeness (QED) is 0.654. The average molecular weight is 366 g/mol. The fraction of sp³-hybridized carbons (Fsp3) is 0.476. The van der Waals surface area contributed by atoms with Crippen LogP contribution in [0.1, 0.15) is 13.3 Å². The smallest absolute Gasteiger partial charge is 0.247 e. The Bertz CT molecular complexity index is 843. The number of amides is 3. The van der Waals surface area contributed by atoms with Crippen LogP contribution in [0.25, 0.3) is 0 Å². The van der Waals surface area contributed by atoms with Crippen LogP contribution in [0.3, 0.4) is 0 Å². The van der Waals surface area contributed by atoms with Crippen LogP contribution in [-0.2, 0) is 14.4 Å². The van der Waals surface area contributed by atoms with Crippen LogP contribution in [0.15, 0.2) is 36.4 Å². The Morgan fingerprint density at radius 3 is 2.37 bits per heavy atom. The normalized spacial score (nSPS) is 36.3. The van der Waals surface area contributed by atoms with E-state index in [-0.39, 0.29) is 41.4 Å². The second kappa shape index (κ2) is 5.68. The van der Waals surface area contributed by atoms with Crippen molar-refractivity contribution in [2.24, 2.45) is 35.5 Å². The number of ether oxygens (including phenoxy) is 1. The molecule has 1 N–H and O–H groups in total. The minimum absolute atomic E-state index is 0.167. The van der Waals surface area contributed by atoms with Gasteiger partial charge < -0.3 is 10.1 Å². The van der Waals surface area contributed by atoms with Crippen molar-refractivity contribution in [3.8, 4) is 5.75 Å². The molecule has 2 bridgehead atoms. The van der Waals surface area contributed by atoms with E-state index >= 15 is 0 Å². The van der Waals surface area contributed by atoms with Crippen molar-refractivity contribution in [3.63, 3.8) is 0 Å². The van der Waals surface area contributed by atoms with Gasteiger partial charge >= 0.3 is 0 Å². The summed E-state index contributed by atoms with van der Waals surface area (Å²) in [6.07, 6.45) is 5.40. The summed E-state index contributed by atoms with van der Waals surface area (Å²) in [7, 11) is 1.56. The first-order valence-corrected chi connectivity index (χ1v) is 9.51. The molecule has 0 radical (unpaired) electrons. The van der Waals surface area contributed by atoms with Gasteiger partial charge in [-0.15, -0.1) is 0 Å². The number of anilines is 1. The molecule has 5 aliphatic rings. The van der Waals surface area contributed by atoms with Gasteiger partial charge in [0.05, 0.1) is 18.9 Å². The van der Waals surface area contributed by atoms with E-state index in [0.717, 1.165) is 6.42 Å². The maximum absolute atomic E-state index is 13.1. The number of allylic oxidation sites excluding steroid dienone is 2. The van der Waals surface area contributed by atoms with Crippen LogP contribution >= 0.6 is 0 Å². The Morgan fingerprint density at radius 1 is 1.15 bits per heavy atom. The van der Waals surface area contributed by atoms with Crippen LogP contribution in [-0.4, -0.2) is 35.8 Å². The number of hydrogen-bond acceptors (Lipinski definition) is 4. The molecule has 6 heteroatoms. The number of carbonyl (C=O) groups is 3. The van der Waals surface area contributed by atoms with E-state index in [2.05, 4.69) is 17.5 Å². The van der Waals surface area contributed by atoms with Gasteiger partial charge in [0.1, 0.15) is 11.8 Å². The number of benzene rings is 1. The number of carbonyl (C=O) groups excluding carboxylic acids is 3. The number of likely N-dealkylation sites (tertiary alicyclic amines) is 1. The number of nitrogens with zero attached hydrogens (tertiary/aromatic N) is 1. The van der Waals surface area contributed by atoms with Crippen LogP contribution < -0.4 is 10.1 Å². The van der Waals surface area contributed by atoms with Crippen molar-refractivity contribution in [2.75, 3.05) is 12.4 Å². The van der Waals surface area contributed by atoms with Gasteiger partial charge in [0.2, 0.25) is 17.7 Å². The third-order valence-corrected chi connectivity index (χ3v) is 6.80. The highest BCUT2D eigenvalue weighted by atomic mass is 16.5. The minimum Gasteiger partial charge on any atom is -0.497 e. The first-order chi connectivity index (χ1) is 13.0. The first-order valence-electron chi connectivity index (χ1n) is 9.51. The third-order valence-electron chi connectivity index (χ3n) is 6.80. The van der Waals surface area contributed by atoms with Crippen LogP contribution in [0.5, 0.6) is 5.75 Å². The van der Waals surface area contributed by atoms with Crippen molar-refractivity contribution in [1.82, 2.24) is 4.90 Å². The van der Waals surface area contributed by atoms with Crippen LogP contribution in [0.4, 0.5) is 5.69 Å². The molecule has 1 aliphatic heterocycles. The third kappa shape index (κ3) is 2.28. The molecule has 7 atom stereocenters. The minimum atomic E-state index is -0.836. The summed E-state index contributed by atoms with van der Waals surface area (Å²) >= 11 is 0. The van der Waals surface area contributed by atoms with Gasteiger partial charge in [-0.1, -0.05) is 18.2 Å². The van der Waals surface area contributed by atoms with Crippen molar-refractivity contribution in [2.45, 2.75) is 19.4 Å². The molecular formula is C21H22N2O4. The molecule has 6 rings (SSSR count). The van der Waals surface area contributed by atoms with Gasteiger partial charge in [-0.05, 0) is 49.1 Å². The molecule has 0 spiro atoms. The van der Waals surface area contributed by atoms with E-state index in [9.17, 15) is 14.4 Å². The van der Waals surface area contributed by atoms with Crippen LogP contribution in [0.2, 0.25) is 0 Å². The molecule has 1 saturated heterocycles. The zero-order valence-corrected chi connectivity index (χ0v) is 15.3. The van der Waals surface area contributed by atoms with E-state index in [1.807, 2.05) is 0 Å². The highest BCUT2D eigenvalue weighted by Crippen LogP contribution is 2.65. The standard InChI is InChI=1S/C21H22N2O4/c1-10(19(24)22-11-4-3-5-12(8-11)27-2)23-20(25)17-13-6-7-14(16-9-15(13)16)18(17)21(23)26/h3-8,10,13-18H,9H2,1-2H3,(H,22,24)/t10-,13+,14+,15+,16+,17-,18+/m0/s1. The summed E-state index contributed by atoms with van der Waals surface area (Å²) in [5.74, 6) is 0.797. The lowest BCUT2D eigenvalue weighted by molar-refractivity contribution is -0.146. The van der Waals surface area contributed by atoms with Crippen molar-refractivity contribution >= 4 is 23.4 Å². The zero-order valence-electron chi connectivity index (χ0n) is 15.3. The molecule has 0 unspecified atom stereocenters. The van der Waals surface area contributed by atoms with Crippen molar-refractivity contribution in [1.29, 1.82) is 0 Å². The molecule has 2 saturated carbocycles. The predicted octanol–water partition coefficient (Wildman–Crippen LogP) is 2.08. The lowest BCUT2D eigenvalue weighted by Gasteiger charge is -2.37. The van der Waals surface area contributed by atoms with E-state index in [1.165, 1.54) is 4.90 Å². The summed E-state index contributed by atoms with van der Waals surface area (Å²) in [5.41, 5.74) is 0.575. The Hall–Kier alpha value is -2.63. The maximum atomic E-state index is 13.1. The molecule has 3 fully saturated rings. The Kier molecular flexibility index (Phi) is 3.48. The second-order valence-corrected chi connectivity index (χ2v) is 8.10. The molecule has 1 heterocycles. The highest BCUT2D eigenvalue weighted by Gasteiger charge is 2.67. The monoisotopic (exact) mass is 366 g/mol. The summed E-state index contributed by atoms with van der Waals surface area (Å²) in [6.45, 7) is 1.62. The number of hydrogen-bond donors (Lipinski definition) is 1. The molecule has 140 valence electrons.